The zero-order chi connectivity index (χ0) is 16.6. The van der Waals surface area contributed by atoms with Crippen molar-refractivity contribution >= 4 is 11.6 Å². The predicted octanol–water partition coefficient (Wildman–Crippen LogP) is 5.44. The first-order valence-corrected chi connectivity index (χ1v) is 7.93. The van der Waals surface area contributed by atoms with Gasteiger partial charge in [0.1, 0.15) is 0 Å². The van der Waals surface area contributed by atoms with Gasteiger partial charge in [-0.1, -0.05) is 36.7 Å². The fraction of sp³-hybridized carbons (Fsp3) is 0.333. The van der Waals surface area contributed by atoms with Gasteiger partial charge in [0.05, 0.1) is 5.56 Å². The van der Waals surface area contributed by atoms with Gasteiger partial charge in [-0.3, -0.25) is 4.90 Å². The van der Waals surface area contributed by atoms with E-state index in [4.69, 9.17) is 11.6 Å². The molecule has 122 valence electrons. The number of fused-ring (bicyclic) bond motifs is 1. The first kappa shape index (κ1) is 16.3. The minimum Gasteiger partial charge on any atom is -0.291 e. The third kappa shape index (κ3) is 3.54. The van der Waals surface area contributed by atoms with E-state index in [1.165, 1.54) is 11.1 Å². The number of hydrogen-bond donors (Lipinski definition) is 0. The summed E-state index contributed by atoms with van der Waals surface area (Å²) < 4.78 is 37.8. The molecule has 2 aromatic carbocycles. The van der Waals surface area contributed by atoms with E-state index in [1.54, 1.807) is 12.1 Å². The maximum absolute atomic E-state index is 12.6. The van der Waals surface area contributed by atoms with Crippen molar-refractivity contribution in [3.63, 3.8) is 0 Å². The monoisotopic (exact) mass is 339 g/mol. The molecule has 0 unspecified atom stereocenters. The molecule has 0 saturated carbocycles. The van der Waals surface area contributed by atoms with Gasteiger partial charge in [-0.2, -0.15) is 13.2 Å². The molecule has 0 aliphatic carbocycles. The molecule has 1 aliphatic heterocycles. The van der Waals surface area contributed by atoms with Crippen LogP contribution in [0.2, 0.25) is 5.02 Å². The smallest absolute Gasteiger partial charge is 0.291 e. The van der Waals surface area contributed by atoms with Gasteiger partial charge in [0.2, 0.25) is 0 Å². The van der Waals surface area contributed by atoms with Crippen molar-refractivity contribution in [2.45, 2.75) is 39.2 Å². The van der Waals surface area contributed by atoms with Gasteiger partial charge < -0.3 is 0 Å². The molecule has 0 fully saturated rings. The number of benzene rings is 2. The molecule has 1 aliphatic rings. The van der Waals surface area contributed by atoms with Crippen LogP contribution in [0.15, 0.2) is 36.4 Å². The zero-order valence-electron chi connectivity index (χ0n) is 12.8. The lowest BCUT2D eigenvalue weighted by Crippen LogP contribution is -2.15. The molecule has 0 radical (unpaired) electrons. The van der Waals surface area contributed by atoms with E-state index in [-0.39, 0.29) is 0 Å². The molecule has 23 heavy (non-hydrogen) atoms. The van der Waals surface area contributed by atoms with Gasteiger partial charge in [-0.25, -0.2) is 0 Å². The Bertz CT molecular complexity index is 707. The maximum atomic E-state index is 12.6. The first-order valence-electron chi connectivity index (χ1n) is 7.55. The molecule has 1 nitrogen and oxygen atoms in total. The Kier molecular flexibility index (Phi) is 4.39. The average Bonchev–Trinajstić information content (AvgIpc) is 2.89. The third-order valence-corrected chi connectivity index (χ3v) is 4.56. The van der Waals surface area contributed by atoms with Gasteiger partial charge in [-0.15, -0.1) is 0 Å². The fourth-order valence-corrected chi connectivity index (χ4v) is 3.29. The summed E-state index contributed by atoms with van der Waals surface area (Å²) in [6.45, 7) is 4.22. The third-order valence-electron chi connectivity index (χ3n) is 4.22. The maximum Gasteiger partial charge on any atom is 0.416 e. The highest BCUT2D eigenvalue weighted by atomic mass is 35.5. The highest BCUT2D eigenvalue weighted by Gasteiger charge is 2.30. The lowest BCUT2D eigenvalue weighted by atomic mass is 10.1. The van der Waals surface area contributed by atoms with Crippen molar-refractivity contribution < 1.29 is 13.2 Å². The Labute approximate surface area is 138 Å². The van der Waals surface area contributed by atoms with Crippen molar-refractivity contribution in [1.29, 1.82) is 0 Å². The summed E-state index contributed by atoms with van der Waals surface area (Å²) in [5.41, 5.74) is 3.83. The number of aryl methyl sites for hydroxylation is 1. The Morgan fingerprint density at radius 3 is 2.35 bits per heavy atom. The van der Waals surface area contributed by atoms with E-state index >= 15 is 0 Å². The van der Waals surface area contributed by atoms with E-state index in [1.807, 2.05) is 6.07 Å². The Balaban J connectivity index is 1.72. The summed E-state index contributed by atoms with van der Waals surface area (Å²) in [7, 11) is 0. The minimum absolute atomic E-state index is 0.610. The largest absolute Gasteiger partial charge is 0.416 e. The Morgan fingerprint density at radius 1 is 1.04 bits per heavy atom. The van der Waals surface area contributed by atoms with Gasteiger partial charge in [0.15, 0.2) is 0 Å². The van der Waals surface area contributed by atoms with Crippen LogP contribution in [0, 0.1) is 0 Å². The van der Waals surface area contributed by atoms with Crippen LogP contribution in [0.3, 0.4) is 0 Å². The molecular formula is C18H17ClF3N. The van der Waals surface area contributed by atoms with Crippen LogP contribution in [0.1, 0.15) is 34.7 Å². The lowest BCUT2D eigenvalue weighted by Gasteiger charge is -2.15. The standard InChI is InChI=1S/C18H17ClF3N/c1-2-12-7-14-10-23(11-16(14)17(19)8-12)9-13-3-5-15(6-4-13)18(20,21)22/h3-8H,2,9-11H2,1H3. The molecule has 0 bridgehead atoms. The second kappa shape index (κ2) is 6.17. The number of rotatable bonds is 3. The molecule has 3 rings (SSSR count). The second-order valence-electron chi connectivity index (χ2n) is 5.91. The SMILES string of the molecule is CCc1cc(Cl)c2c(c1)CN(Cc1ccc(C(F)(F)F)cc1)C2. The molecule has 0 amide bonds. The van der Waals surface area contributed by atoms with Gasteiger partial charge in [0.25, 0.3) is 0 Å². The fourth-order valence-electron chi connectivity index (χ4n) is 2.97. The highest BCUT2D eigenvalue weighted by Crippen LogP contribution is 2.33. The quantitative estimate of drug-likeness (QED) is 0.720. The van der Waals surface area contributed by atoms with Crippen LogP contribution in [0.5, 0.6) is 0 Å². The molecule has 0 spiro atoms. The number of alkyl halides is 3. The molecule has 0 N–H and O–H groups in total. The minimum atomic E-state index is -4.29. The predicted molar refractivity (Wildman–Crippen MR) is 85.2 cm³/mol. The zero-order valence-corrected chi connectivity index (χ0v) is 13.5. The molecular weight excluding hydrogens is 323 g/mol. The van der Waals surface area contributed by atoms with Crippen molar-refractivity contribution in [2.75, 3.05) is 0 Å². The Morgan fingerprint density at radius 2 is 1.74 bits per heavy atom. The summed E-state index contributed by atoms with van der Waals surface area (Å²) in [4.78, 5) is 2.19. The van der Waals surface area contributed by atoms with E-state index in [2.05, 4.69) is 17.9 Å². The van der Waals surface area contributed by atoms with Crippen molar-refractivity contribution in [3.8, 4) is 0 Å². The van der Waals surface area contributed by atoms with E-state index < -0.39 is 11.7 Å². The lowest BCUT2D eigenvalue weighted by molar-refractivity contribution is -0.137. The van der Waals surface area contributed by atoms with Crippen molar-refractivity contribution in [3.05, 3.63) is 69.2 Å². The van der Waals surface area contributed by atoms with E-state index in [9.17, 15) is 13.2 Å². The van der Waals surface area contributed by atoms with Crippen LogP contribution in [0.25, 0.3) is 0 Å². The molecule has 0 aromatic heterocycles. The molecule has 0 saturated heterocycles. The highest BCUT2D eigenvalue weighted by molar-refractivity contribution is 6.31. The Hall–Kier alpha value is -1.52. The number of halogens is 4. The summed E-state index contributed by atoms with van der Waals surface area (Å²) in [5, 5.41) is 0.786. The summed E-state index contributed by atoms with van der Waals surface area (Å²) >= 11 is 6.34. The number of hydrogen-bond acceptors (Lipinski definition) is 1. The summed E-state index contributed by atoms with van der Waals surface area (Å²) in [6, 6.07) is 9.55. The average molecular weight is 340 g/mol. The second-order valence-corrected chi connectivity index (χ2v) is 6.32. The molecule has 2 aromatic rings. The van der Waals surface area contributed by atoms with Gasteiger partial charge >= 0.3 is 6.18 Å². The normalized spacial score (nSPS) is 15.0. The molecule has 5 heteroatoms. The number of nitrogens with zero attached hydrogens (tertiary/aromatic N) is 1. The van der Waals surface area contributed by atoms with E-state index in [0.29, 0.717) is 6.54 Å². The summed E-state index contributed by atoms with van der Waals surface area (Å²) in [6.07, 6.45) is -3.35. The first-order chi connectivity index (χ1) is 10.9. The summed E-state index contributed by atoms with van der Waals surface area (Å²) in [5.74, 6) is 0. The van der Waals surface area contributed by atoms with Crippen LogP contribution in [0.4, 0.5) is 13.2 Å². The topological polar surface area (TPSA) is 3.24 Å². The molecule has 1 heterocycles. The van der Waals surface area contributed by atoms with Crippen LogP contribution in [-0.4, -0.2) is 4.90 Å². The van der Waals surface area contributed by atoms with Crippen molar-refractivity contribution in [1.82, 2.24) is 4.90 Å². The van der Waals surface area contributed by atoms with Crippen LogP contribution in [-0.2, 0) is 32.2 Å². The van der Waals surface area contributed by atoms with Crippen molar-refractivity contribution in [2.24, 2.45) is 0 Å². The van der Waals surface area contributed by atoms with Gasteiger partial charge in [0, 0.05) is 24.7 Å². The van der Waals surface area contributed by atoms with Crippen LogP contribution < -0.4 is 0 Å². The van der Waals surface area contributed by atoms with Crippen LogP contribution >= 0.6 is 11.6 Å². The van der Waals surface area contributed by atoms with E-state index in [0.717, 1.165) is 47.8 Å². The van der Waals surface area contributed by atoms with Gasteiger partial charge in [-0.05, 0) is 46.9 Å². The molecule has 0 atom stereocenters.